The molecule has 0 atom stereocenters. The molecule has 1 aromatic heterocycles. The van der Waals surface area contributed by atoms with Crippen LogP contribution in [0.3, 0.4) is 0 Å². The van der Waals surface area contributed by atoms with Gasteiger partial charge in [0.05, 0.1) is 5.56 Å². The zero-order chi connectivity index (χ0) is 10.7. The molecule has 0 bridgehead atoms. The number of halogens is 1. The van der Waals surface area contributed by atoms with E-state index in [9.17, 15) is 4.79 Å². The second-order valence-electron chi connectivity index (χ2n) is 3.09. The van der Waals surface area contributed by atoms with E-state index in [2.05, 4.69) is 5.32 Å². The van der Waals surface area contributed by atoms with Gasteiger partial charge in [0.1, 0.15) is 0 Å². The summed E-state index contributed by atoms with van der Waals surface area (Å²) in [6.45, 7) is 0. The van der Waals surface area contributed by atoms with E-state index < -0.39 is 0 Å². The van der Waals surface area contributed by atoms with Crippen LogP contribution in [0.1, 0.15) is 10.4 Å². The summed E-state index contributed by atoms with van der Waals surface area (Å²) in [5.41, 5.74) is 7.65. The number of benzene rings is 1. The highest BCUT2D eigenvalue weighted by Crippen LogP contribution is 2.13. The lowest BCUT2D eigenvalue weighted by Crippen LogP contribution is -2.10. The van der Waals surface area contributed by atoms with Gasteiger partial charge in [-0.25, -0.2) is 0 Å². The van der Waals surface area contributed by atoms with E-state index in [-0.39, 0.29) is 18.3 Å². The van der Waals surface area contributed by atoms with Crippen LogP contribution >= 0.6 is 23.7 Å². The summed E-state index contributed by atoms with van der Waals surface area (Å²) in [4.78, 5) is 11.6. The van der Waals surface area contributed by atoms with E-state index in [0.717, 1.165) is 5.69 Å². The monoisotopic (exact) mass is 254 g/mol. The molecule has 0 radical (unpaired) electrons. The van der Waals surface area contributed by atoms with E-state index in [4.69, 9.17) is 5.73 Å². The molecule has 16 heavy (non-hydrogen) atoms. The van der Waals surface area contributed by atoms with E-state index in [1.807, 2.05) is 10.8 Å². The Morgan fingerprint density at radius 2 is 1.88 bits per heavy atom. The van der Waals surface area contributed by atoms with Crippen molar-refractivity contribution in [1.82, 2.24) is 0 Å². The van der Waals surface area contributed by atoms with Crippen LogP contribution in [0.25, 0.3) is 0 Å². The number of rotatable bonds is 2. The molecule has 3 N–H and O–H groups in total. The number of carbonyl (C=O) groups excluding carboxylic acids is 1. The third-order valence-corrected chi connectivity index (χ3v) is 2.64. The normalized spacial score (nSPS) is 9.25. The highest BCUT2D eigenvalue weighted by Gasteiger charge is 2.05. The molecule has 1 amide bonds. The van der Waals surface area contributed by atoms with Gasteiger partial charge in [0, 0.05) is 16.8 Å². The third-order valence-electron chi connectivity index (χ3n) is 1.95. The first kappa shape index (κ1) is 12.5. The minimum atomic E-state index is -0.0963. The van der Waals surface area contributed by atoms with Crippen molar-refractivity contribution < 1.29 is 4.79 Å². The van der Waals surface area contributed by atoms with Crippen LogP contribution in [-0.2, 0) is 0 Å². The molecule has 2 aromatic rings. The van der Waals surface area contributed by atoms with Gasteiger partial charge in [0.25, 0.3) is 5.91 Å². The molecule has 1 aromatic carbocycles. The van der Waals surface area contributed by atoms with Gasteiger partial charge in [-0.3, -0.25) is 4.79 Å². The van der Waals surface area contributed by atoms with Crippen LogP contribution in [0, 0.1) is 0 Å². The lowest BCUT2D eigenvalue weighted by Gasteiger charge is -2.03. The summed E-state index contributed by atoms with van der Waals surface area (Å²) in [6.07, 6.45) is 0. The molecule has 0 aliphatic heterocycles. The Labute approximate surface area is 104 Å². The Kier molecular flexibility index (Phi) is 4.34. The predicted molar refractivity (Wildman–Crippen MR) is 70.4 cm³/mol. The van der Waals surface area contributed by atoms with Gasteiger partial charge in [-0.05, 0) is 35.7 Å². The summed E-state index contributed by atoms with van der Waals surface area (Å²) in [5.74, 6) is -0.0963. The molecule has 3 nitrogen and oxygen atoms in total. The van der Waals surface area contributed by atoms with Crippen molar-refractivity contribution in [3.05, 3.63) is 46.7 Å². The average molecular weight is 255 g/mol. The molecule has 5 heteroatoms. The summed E-state index contributed by atoms with van der Waals surface area (Å²) in [6, 6.07) is 8.85. The van der Waals surface area contributed by atoms with Crippen LogP contribution < -0.4 is 11.1 Å². The topological polar surface area (TPSA) is 55.1 Å². The maximum atomic E-state index is 11.6. The molecular formula is C11H11ClN2OS. The quantitative estimate of drug-likeness (QED) is 0.810. The number of nitrogens with one attached hydrogen (secondary N) is 1. The second kappa shape index (κ2) is 5.53. The lowest BCUT2D eigenvalue weighted by atomic mass is 10.2. The molecule has 0 spiro atoms. The Balaban J connectivity index is 0.00000128. The molecule has 1 heterocycles. The van der Waals surface area contributed by atoms with Crippen LogP contribution in [0.2, 0.25) is 0 Å². The molecular weight excluding hydrogens is 244 g/mol. The SMILES string of the molecule is Cl.Nc1ccc(NC(=O)c2ccsc2)cc1. The Bertz CT molecular complexity index is 453. The van der Waals surface area contributed by atoms with Crippen LogP contribution in [0.4, 0.5) is 11.4 Å². The van der Waals surface area contributed by atoms with Gasteiger partial charge >= 0.3 is 0 Å². The highest BCUT2D eigenvalue weighted by atomic mass is 35.5. The van der Waals surface area contributed by atoms with Crippen molar-refractivity contribution in [2.45, 2.75) is 0 Å². The minimum absolute atomic E-state index is 0. The Morgan fingerprint density at radius 1 is 1.19 bits per heavy atom. The van der Waals surface area contributed by atoms with Crippen LogP contribution in [0.15, 0.2) is 41.1 Å². The molecule has 0 fully saturated rings. The smallest absolute Gasteiger partial charge is 0.256 e. The largest absolute Gasteiger partial charge is 0.399 e. The first-order valence-electron chi connectivity index (χ1n) is 4.45. The standard InChI is InChI=1S/C11H10N2OS.ClH/c12-9-1-3-10(4-2-9)13-11(14)8-5-6-15-7-8;/h1-7H,12H2,(H,13,14);1H. The predicted octanol–water partition coefficient (Wildman–Crippen LogP) is 3.00. The minimum Gasteiger partial charge on any atom is -0.399 e. The van der Waals surface area contributed by atoms with Crippen molar-refractivity contribution in [2.75, 3.05) is 11.1 Å². The summed E-state index contributed by atoms with van der Waals surface area (Å²) in [7, 11) is 0. The number of amides is 1. The van der Waals surface area contributed by atoms with Crippen molar-refractivity contribution in [3.63, 3.8) is 0 Å². The zero-order valence-corrected chi connectivity index (χ0v) is 9.98. The van der Waals surface area contributed by atoms with Gasteiger partial charge in [0.15, 0.2) is 0 Å². The number of nitrogens with two attached hydrogens (primary N) is 1. The maximum absolute atomic E-state index is 11.6. The number of hydrogen-bond donors (Lipinski definition) is 2. The van der Waals surface area contributed by atoms with Crippen molar-refractivity contribution in [1.29, 1.82) is 0 Å². The molecule has 2 rings (SSSR count). The van der Waals surface area contributed by atoms with Crippen LogP contribution in [0.5, 0.6) is 0 Å². The van der Waals surface area contributed by atoms with Gasteiger partial charge in [0.2, 0.25) is 0 Å². The molecule has 84 valence electrons. The van der Waals surface area contributed by atoms with Crippen molar-refractivity contribution >= 4 is 41.0 Å². The maximum Gasteiger partial charge on any atom is 0.256 e. The van der Waals surface area contributed by atoms with E-state index in [1.54, 1.807) is 30.3 Å². The Morgan fingerprint density at radius 3 is 2.44 bits per heavy atom. The first-order chi connectivity index (χ1) is 7.25. The van der Waals surface area contributed by atoms with E-state index >= 15 is 0 Å². The third kappa shape index (κ3) is 2.98. The molecule has 0 aliphatic carbocycles. The fourth-order valence-electron chi connectivity index (χ4n) is 1.16. The lowest BCUT2D eigenvalue weighted by molar-refractivity contribution is 0.102. The van der Waals surface area contributed by atoms with E-state index in [1.165, 1.54) is 11.3 Å². The van der Waals surface area contributed by atoms with Crippen molar-refractivity contribution in [3.8, 4) is 0 Å². The number of nitrogen functional groups attached to an aromatic ring is 1. The molecule has 0 saturated heterocycles. The summed E-state index contributed by atoms with van der Waals surface area (Å²) >= 11 is 1.50. The fourth-order valence-corrected chi connectivity index (χ4v) is 1.80. The molecule has 0 unspecified atom stereocenters. The summed E-state index contributed by atoms with van der Waals surface area (Å²) in [5, 5.41) is 6.47. The first-order valence-corrected chi connectivity index (χ1v) is 5.39. The van der Waals surface area contributed by atoms with Gasteiger partial charge in [-0.15, -0.1) is 12.4 Å². The van der Waals surface area contributed by atoms with Gasteiger partial charge in [-0.2, -0.15) is 11.3 Å². The zero-order valence-electron chi connectivity index (χ0n) is 8.34. The van der Waals surface area contributed by atoms with Gasteiger partial charge in [-0.1, -0.05) is 0 Å². The highest BCUT2D eigenvalue weighted by molar-refractivity contribution is 7.08. The number of thiophene rings is 1. The number of carbonyl (C=O) groups is 1. The number of hydrogen-bond acceptors (Lipinski definition) is 3. The van der Waals surface area contributed by atoms with Crippen molar-refractivity contribution in [2.24, 2.45) is 0 Å². The fraction of sp³-hybridized carbons (Fsp3) is 0. The Hall–Kier alpha value is -1.52. The summed E-state index contributed by atoms with van der Waals surface area (Å²) < 4.78 is 0. The van der Waals surface area contributed by atoms with E-state index in [0.29, 0.717) is 11.3 Å². The molecule has 0 saturated carbocycles. The molecule has 0 aliphatic rings. The second-order valence-corrected chi connectivity index (χ2v) is 3.87. The van der Waals surface area contributed by atoms with Crippen LogP contribution in [-0.4, -0.2) is 5.91 Å². The average Bonchev–Trinajstić information content (AvgIpc) is 2.74. The van der Waals surface area contributed by atoms with Gasteiger partial charge < -0.3 is 11.1 Å². The number of anilines is 2.